The van der Waals surface area contributed by atoms with Gasteiger partial charge in [0.15, 0.2) is 0 Å². The minimum Gasteiger partial charge on any atom is -0.383 e. The molecule has 0 aliphatic rings. The van der Waals surface area contributed by atoms with E-state index in [1.54, 1.807) is 36.5 Å². The molecule has 0 unspecified atom stereocenters. The van der Waals surface area contributed by atoms with Gasteiger partial charge in [-0.05, 0) is 29.2 Å². The zero-order valence-electron chi connectivity index (χ0n) is 14.6. The van der Waals surface area contributed by atoms with E-state index in [0.717, 1.165) is 5.56 Å². The van der Waals surface area contributed by atoms with Crippen LogP contribution in [0.15, 0.2) is 42.9 Å². The fourth-order valence-electron chi connectivity index (χ4n) is 2.12. The Kier molecular flexibility index (Phi) is 5.87. The van der Waals surface area contributed by atoms with Crippen LogP contribution in [0.5, 0.6) is 0 Å². The van der Waals surface area contributed by atoms with Gasteiger partial charge in [0.25, 0.3) is 0 Å². The summed E-state index contributed by atoms with van der Waals surface area (Å²) in [7, 11) is 1.61. The van der Waals surface area contributed by atoms with Gasteiger partial charge in [0.1, 0.15) is 5.82 Å². The van der Waals surface area contributed by atoms with E-state index in [4.69, 9.17) is 4.74 Å². The minimum absolute atomic E-state index is 0.0161. The number of anilines is 2. The first kappa shape index (κ1) is 17.9. The predicted octanol–water partition coefficient (Wildman–Crippen LogP) is 3.46. The minimum atomic E-state index is -0.255. The highest BCUT2D eigenvalue weighted by atomic mass is 16.5. The zero-order valence-corrected chi connectivity index (χ0v) is 14.6. The first-order valence-electron chi connectivity index (χ1n) is 7.86. The molecule has 6 heteroatoms. The predicted molar refractivity (Wildman–Crippen MR) is 95.4 cm³/mol. The topological polar surface area (TPSA) is 67.3 Å². The number of urea groups is 1. The Bertz CT molecular complexity index is 651. The Hall–Kier alpha value is -2.47. The Morgan fingerprint density at radius 2 is 1.92 bits per heavy atom. The number of nitrogens with zero attached hydrogens (tertiary/aromatic N) is 3. The summed E-state index contributed by atoms with van der Waals surface area (Å²) in [4.78, 5) is 22.6. The van der Waals surface area contributed by atoms with Gasteiger partial charge >= 0.3 is 6.03 Å². The molecule has 0 radical (unpaired) electrons. The van der Waals surface area contributed by atoms with Crippen molar-refractivity contribution < 1.29 is 9.53 Å². The van der Waals surface area contributed by atoms with Crippen molar-refractivity contribution in [1.29, 1.82) is 0 Å². The maximum Gasteiger partial charge on any atom is 0.327 e. The van der Waals surface area contributed by atoms with Crippen molar-refractivity contribution in [3.8, 4) is 0 Å². The molecule has 128 valence electrons. The van der Waals surface area contributed by atoms with Crippen LogP contribution in [-0.4, -0.2) is 36.3 Å². The Balaban J connectivity index is 2.19. The van der Waals surface area contributed by atoms with E-state index >= 15 is 0 Å². The number of amides is 2. The van der Waals surface area contributed by atoms with Gasteiger partial charge < -0.3 is 10.1 Å². The Morgan fingerprint density at radius 3 is 2.46 bits per heavy atom. The number of hydrogen-bond acceptors (Lipinski definition) is 4. The van der Waals surface area contributed by atoms with E-state index in [-0.39, 0.29) is 11.4 Å². The number of methoxy groups -OCH3 is 1. The van der Waals surface area contributed by atoms with Crippen LogP contribution >= 0.6 is 0 Å². The lowest BCUT2D eigenvalue weighted by molar-refractivity contribution is 0.204. The SMILES string of the molecule is COCCN(C(=O)Nc1ccncc1)c1ccc(C(C)(C)C)cn1. The summed E-state index contributed by atoms with van der Waals surface area (Å²) in [6.45, 7) is 7.22. The second kappa shape index (κ2) is 7.88. The summed E-state index contributed by atoms with van der Waals surface area (Å²) < 4.78 is 5.11. The molecule has 0 atom stereocenters. The number of nitrogens with one attached hydrogen (secondary N) is 1. The number of ether oxygens (including phenoxy) is 1. The van der Waals surface area contributed by atoms with E-state index in [9.17, 15) is 4.79 Å². The maximum atomic E-state index is 12.6. The molecule has 0 aliphatic carbocycles. The van der Waals surface area contributed by atoms with Crippen LogP contribution in [0.25, 0.3) is 0 Å². The maximum absolute atomic E-state index is 12.6. The first-order chi connectivity index (χ1) is 11.4. The van der Waals surface area contributed by atoms with E-state index < -0.39 is 0 Å². The molecule has 0 saturated carbocycles. The summed E-state index contributed by atoms with van der Waals surface area (Å²) in [5.41, 5.74) is 1.82. The molecular weight excluding hydrogens is 304 g/mol. The molecule has 0 spiro atoms. The van der Waals surface area contributed by atoms with Crippen molar-refractivity contribution >= 4 is 17.5 Å². The van der Waals surface area contributed by atoms with E-state index in [1.807, 2.05) is 18.3 Å². The van der Waals surface area contributed by atoms with Crippen LogP contribution in [0.4, 0.5) is 16.3 Å². The molecule has 0 aromatic carbocycles. The fraction of sp³-hybridized carbons (Fsp3) is 0.389. The van der Waals surface area contributed by atoms with Gasteiger partial charge in [-0.1, -0.05) is 26.8 Å². The zero-order chi connectivity index (χ0) is 17.6. The number of rotatable bonds is 5. The van der Waals surface area contributed by atoms with Crippen LogP contribution in [0, 0.1) is 0 Å². The van der Waals surface area contributed by atoms with Gasteiger partial charge in [0, 0.05) is 31.4 Å². The number of aromatic nitrogens is 2. The number of carbonyl (C=O) groups is 1. The van der Waals surface area contributed by atoms with Crippen molar-refractivity contribution in [3.05, 3.63) is 48.4 Å². The normalized spacial score (nSPS) is 11.2. The van der Waals surface area contributed by atoms with Crippen molar-refractivity contribution in [1.82, 2.24) is 9.97 Å². The lowest BCUT2D eigenvalue weighted by atomic mass is 9.88. The standard InChI is InChI=1S/C18H24N4O2/c1-18(2,3)14-5-6-16(20-13-14)22(11-12-24-4)17(23)21-15-7-9-19-10-8-15/h5-10,13H,11-12H2,1-4H3,(H,19,21,23). The van der Waals surface area contributed by atoms with Crippen LogP contribution in [0.2, 0.25) is 0 Å². The Morgan fingerprint density at radius 1 is 1.21 bits per heavy atom. The third-order valence-corrected chi connectivity index (χ3v) is 3.59. The molecule has 0 saturated heterocycles. The van der Waals surface area contributed by atoms with Crippen molar-refractivity contribution in [2.45, 2.75) is 26.2 Å². The summed E-state index contributed by atoms with van der Waals surface area (Å²) in [6, 6.07) is 7.09. The number of carbonyl (C=O) groups excluding carboxylic acids is 1. The molecule has 6 nitrogen and oxygen atoms in total. The highest BCUT2D eigenvalue weighted by molar-refractivity contribution is 6.01. The molecular formula is C18H24N4O2. The number of pyridine rings is 2. The van der Waals surface area contributed by atoms with Crippen LogP contribution in [-0.2, 0) is 10.2 Å². The van der Waals surface area contributed by atoms with Gasteiger partial charge in [-0.15, -0.1) is 0 Å². The molecule has 2 aromatic rings. The third kappa shape index (κ3) is 4.76. The molecule has 2 rings (SSSR count). The highest BCUT2D eigenvalue weighted by Crippen LogP contribution is 2.23. The molecule has 2 amide bonds. The Labute approximate surface area is 142 Å². The van der Waals surface area contributed by atoms with Gasteiger partial charge in [-0.25, -0.2) is 9.78 Å². The second-order valence-corrected chi connectivity index (χ2v) is 6.47. The molecule has 2 heterocycles. The molecule has 2 aromatic heterocycles. The second-order valence-electron chi connectivity index (χ2n) is 6.47. The van der Waals surface area contributed by atoms with E-state index in [1.165, 1.54) is 0 Å². The average Bonchev–Trinajstić information content (AvgIpc) is 2.56. The molecule has 0 bridgehead atoms. The van der Waals surface area contributed by atoms with Gasteiger partial charge in [0.2, 0.25) is 0 Å². The summed E-state index contributed by atoms with van der Waals surface area (Å²) in [5, 5.41) is 2.85. The monoisotopic (exact) mass is 328 g/mol. The number of hydrogen-bond donors (Lipinski definition) is 1. The highest BCUT2D eigenvalue weighted by Gasteiger charge is 2.19. The third-order valence-electron chi connectivity index (χ3n) is 3.59. The summed E-state index contributed by atoms with van der Waals surface area (Å²) in [6.07, 6.45) is 5.08. The fourth-order valence-corrected chi connectivity index (χ4v) is 2.12. The van der Waals surface area contributed by atoms with Crippen molar-refractivity contribution in [2.75, 3.05) is 30.5 Å². The van der Waals surface area contributed by atoms with Crippen molar-refractivity contribution in [2.24, 2.45) is 0 Å². The smallest absolute Gasteiger partial charge is 0.327 e. The quantitative estimate of drug-likeness (QED) is 0.913. The van der Waals surface area contributed by atoms with Crippen molar-refractivity contribution in [3.63, 3.8) is 0 Å². The molecule has 24 heavy (non-hydrogen) atoms. The van der Waals surface area contributed by atoms with Crippen LogP contribution < -0.4 is 10.2 Å². The summed E-state index contributed by atoms with van der Waals surface area (Å²) in [5.74, 6) is 0.589. The largest absolute Gasteiger partial charge is 0.383 e. The van der Waals surface area contributed by atoms with E-state index in [2.05, 4.69) is 36.1 Å². The van der Waals surface area contributed by atoms with Gasteiger partial charge in [-0.3, -0.25) is 9.88 Å². The lowest BCUT2D eigenvalue weighted by Gasteiger charge is -2.24. The lowest BCUT2D eigenvalue weighted by Crippen LogP contribution is -2.38. The van der Waals surface area contributed by atoms with Crippen LogP contribution in [0.1, 0.15) is 26.3 Å². The molecule has 0 fully saturated rings. The molecule has 0 aliphatic heterocycles. The summed E-state index contributed by atoms with van der Waals surface area (Å²) >= 11 is 0. The average molecular weight is 328 g/mol. The molecule has 1 N–H and O–H groups in total. The van der Waals surface area contributed by atoms with E-state index in [0.29, 0.717) is 24.7 Å². The van der Waals surface area contributed by atoms with Crippen LogP contribution in [0.3, 0.4) is 0 Å². The first-order valence-corrected chi connectivity index (χ1v) is 7.86. The van der Waals surface area contributed by atoms with Gasteiger partial charge in [0.05, 0.1) is 13.2 Å². The van der Waals surface area contributed by atoms with Gasteiger partial charge in [-0.2, -0.15) is 0 Å².